The van der Waals surface area contributed by atoms with Gasteiger partial charge in [-0.1, -0.05) is 113 Å². The molecule has 8 heteroatoms. The number of rotatable bonds is 12. The van der Waals surface area contributed by atoms with Gasteiger partial charge in [0.2, 0.25) is 0 Å². The highest BCUT2D eigenvalue weighted by atomic mass is 16.3. The second kappa shape index (κ2) is 16.7. The summed E-state index contributed by atoms with van der Waals surface area (Å²) in [6, 6.07) is 19.6. The van der Waals surface area contributed by atoms with Crippen molar-refractivity contribution < 1.29 is 4.42 Å². The second-order valence-electron chi connectivity index (χ2n) is 15.1. The average Bonchev–Trinajstić information content (AvgIpc) is 3.89. The van der Waals surface area contributed by atoms with Crippen molar-refractivity contribution in [1.29, 1.82) is 0 Å². The Hall–Kier alpha value is -6.27. The van der Waals surface area contributed by atoms with Gasteiger partial charge in [0.15, 0.2) is 36.7 Å². The summed E-state index contributed by atoms with van der Waals surface area (Å²) in [5, 5.41) is 0. The predicted octanol–water partition coefficient (Wildman–Crippen LogP) is 11.3. The first-order chi connectivity index (χ1) is 28.1. The SMILES string of the molecule is C=C/C(=C\c1c(/C=C\BC)c(C)n(-c2cccc(-c3nc(C(/C=C\C)=C/C)nc(C(/C=C\C)=C/C)n3)c2)c1BC)c1ccc2c(c1)-c1c(ccc3ncoc13)C2(C)C. The van der Waals surface area contributed by atoms with E-state index >= 15 is 0 Å². The van der Waals surface area contributed by atoms with Crippen LogP contribution in [0.1, 0.15) is 86.7 Å². The predicted molar refractivity (Wildman–Crippen MR) is 251 cm³/mol. The number of hydrogen-bond acceptors (Lipinski definition) is 5. The Morgan fingerprint density at radius 3 is 2.17 bits per heavy atom. The summed E-state index contributed by atoms with van der Waals surface area (Å²) >= 11 is 0. The van der Waals surface area contributed by atoms with Crippen LogP contribution in [0.25, 0.3) is 68.2 Å². The van der Waals surface area contributed by atoms with Crippen molar-refractivity contribution in [3.63, 3.8) is 0 Å². The quantitative estimate of drug-likeness (QED) is 0.0918. The minimum Gasteiger partial charge on any atom is -0.443 e. The van der Waals surface area contributed by atoms with Gasteiger partial charge in [-0.05, 0) is 104 Å². The number of benzene rings is 3. The van der Waals surface area contributed by atoms with Crippen LogP contribution in [0.2, 0.25) is 13.6 Å². The highest BCUT2D eigenvalue weighted by molar-refractivity contribution is 6.53. The third-order valence-electron chi connectivity index (χ3n) is 11.3. The Balaban J connectivity index is 1.39. The van der Waals surface area contributed by atoms with Crippen LogP contribution >= 0.6 is 0 Å². The van der Waals surface area contributed by atoms with Gasteiger partial charge in [0, 0.05) is 44.6 Å². The lowest BCUT2D eigenvalue weighted by Crippen LogP contribution is -2.24. The van der Waals surface area contributed by atoms with Gasteiger partial charge in [-0.2, -0.15) is 0 Å². The molecule has 0 saturated carbocycles. The number of hydrogen-bond donors (Lipinski definition) is 0. The molecule has 6 aromatic rings. The summed E-state index contributed by atoms with van der Waals surface area (Å²) in [6.07, 6.45) is 20.3. The van der Waals surface area contributed by atoms with Crippen LogP contribution < -0.4 is 5.59 Å². The molecule has 3 heterocycles. The van der Waals surface area contributed by atoms with Gasteiger partial charge < -0.3 is 8.98 Å². The molecule has 7 rings (SSSR count). The number of fused-ring (bicyclic) bond motifs is 5. The van der Waals surface area contributed by atoms with Gasteiger partial charge in [-0.15, -0.1) is 5.98 Å². The minimum absolute atomic E-state index is 0.161. The van der Waals surface area contributed by atoms with Crippen molar-refractivity contribution >= 4 is 60.1 Å². The van der Waals surface area contributed by atoms with Crippen molar-refractivity contribution in [2.24, 2.45) is 0 Å². The summed E-state index contributed by atoms with van der Waals surface area (Å²) in [7, 11) is 1.75. The lowest BCUT2D eigenvalue weighted by molar-refractivity contribution is 0.601. The highest BCUT2D eigenvalue weighted by Gasteiger charge is 2.37. The van der Waals surface area contributed by atoms with Crippen LogP contribution in [0.3, 0.4) is 0 Å². The summed E-state index contributed by atoms with van der Waals surface area (Å²) in [5.74, 6) is 4.15. The molecule has 6 nitrogen and oxygen atoms in total. The molecule has 0 fully saturated rings. The molecular weight excluding hydrogens is 708 g/mol. The van der Waals surface area contributed by atoms with E-state index in [9.17, 15) is 0 Å². The van der Waals surface area contributed by atoms with Crippen molar-refractivity contribution in [3.05, 3.63) is 161 Å². The van der Waals surface area contributed by atoms with Gasteiger partial charge in [0.1, 0.15) is 12.8 Å². The fourth-order valence-electron chi connectivity index (χ4n) is 8.36. The molecule has 0 unspecified atom stereocenters. The van der Waals surface area contributed by atoms with Gasteiger partial charge in [0.05, 0.1) is 0 Å². The molecule has 0 amide bonds. The Bertz CT molecular complexity index is 2710. The molecule has 0 spiro atoms. The molecule has 3 aromatic heterocycles. The van der Waals surface area contributed by atoms with E-state index in [1.165, 1.54) is 33.4 Å². The Morgan fingerprint density at radius 1 is 0.828 bits per heavy atom. The van der Waals surface area contributed by atoms with Gasteiger partial charge in [0.25, 0.3) is 0 Å². The van der Waals surface area contributed by atoms with E-state index in [0.717, 1.165) is 70.4 Å². The van der Waals surface area contributed by atoms with Crippen LogP contribution in [-0.4, -0.2) is 39.1 Å². The molecule has 3 aromatic carbocycles. The van der Waals surface area contributed by atoms with Crippen molar-refractivity contribution in [1.82, 2.24) is 24.5 Å². The molecule has 288 valence electrons. The molecule has 0 bridgehead atoms. The average molecular weight is 760 g/mol. The fraction of sp³-hybridized carbons (Fsp3) is 0.200. The monoisotopic (exact) mass is 759 g/mol. The normalized spacial score (nSPS) is 14.3. The van der Waals surface area contributed by atoms with Crippen molar-refractivity contribution in [2.75, 3.05) is 0 Å². The van der Waals surface area contributed by atoms with E-state index in [0.29, 0.717) is 17.5 Å². The third kappa shape index (κ3) is 7.02. The Morgan fingerprint density at radius 2 is 1.53 bits per heavy atom. The van der Waals surface area contributed by atoms with Crippen LogP contribution in [0.5, 0.6) is 0 Å². The first kappa shape index (κ1) is 39.9. The van der Waals surface area contributed by atoms with Crippen LogP contribution in [0.15, 0.2) is 120 Å². The number of oxazole rings is 1. The summed E-state index contributed by atoms with van der Waals surface area (Å²) in [6.45, 7) is 23.6. The lowest BCUT2D eigenvalue weighted by atomic mass is 9.74. The first-order valence-electron chi connectivity index (χ1n) is 20.4. The fourth-order valence-corrected chi connectivity index (χ4v) is 8.36. The van der Waals surface area contributed by atoms with Crippen LogP contribution in [0.4, 0.5) is 0 Å². The van der Waals surface area contributed by atoms with E-state index in [2.05, 4.69) is 123 Å². The molecule has 0 saturated heterocycles. The molecule has 0 N–H and O–H groups in total. The minimum atomic E-state index is -0.161. The number of allylic oxidation sites excluding steroid dienone is 10. The maximum atomic E-state index is 6.00. The van der Waals surface area contributed by atoms with Crippen LogP contribution in [-0.2, 0) is 5.41 Å². The van der Waals surface area contributed by atoms with Gasteiger partial charge >= 0.3 is 0 Å². The topological polar surface area (TPSA) is 69.6 Å². The maximum absolute atomic E-state index is 6.00. The molecule has 1 aliphatic rings. The smallest absolute Gasteiger partial charge is 0.182 e. The van der Waals surface area contributed by atoms with E-state index < -0.39 is 0 Å². The Kier molecular flexibility index (Phi) is 11.5. The molecule has 0 atom stereocenters. The van der Waals surface area contributed by atoms with Crippen LogP contribution in [0, 0.1) is 6.92 Å². The Labute approximate surface area is 344 Å². The number of nitrogens with zero attached hydrogens (tertiary/aromatic N) is 5. The van der Waals surface area contributed by atoms with E-state index in [-0.39, 0.29) is 5.41 Å². The molecule has 0 radical (unpaired) electrons. The molecule has 1 aliphatic carbocycles. The van der Waals surface area contributed by atoms with Gasteiger partial charge in [-0.25, -0.2) is 19.9 Å². The summed E-state index contributed by atoms with van der Waals surface area (Å²) in [5.41, 5.74) is 17.2. The molecule has 58 heavy (non-hydrogen) atoms. The lowest BCUT2D eigenvalue weighted by Gasteiger charge is -2.21. The maximum Gasteiger partial charge on any atom is 0.182 e. The van der Waals surface area contributed by atoms with Crippen molar-refractivity contribution in [3.8, 4) is 28.2 Å². The standard InChI is InChI=1S/C50H51B2N5O/c1-11-17-32(13-3)47-54-48(33(14-4)18-12-2)56-49(55-47)36-19-16-20-37(27-36)57-31(6)38(25-26-51-9)39(46(57)52-10)28-34(15-5)35-21-22-41-40(29-35)44-42(50(41,7)8)23-24-43-45(44)58-30-53-43/h11-30,51-52H,5H2,1-4,6-10H3/b17-11-,18-12-,26-25-,32-13+,33-14+,34-28+. The van der Waals surface area contributed by atoms with E-state index in [4.69, 9.17) is 19.4 Å². The number of aromatic nitrogens is 5. The largest absolute Gasteiger partial charge is 0.443 e. The second-order valence-corrected chi connectivity index (χ2v) is 15.1. The van der Waals surface area contributed by atoms with E-state index in [1.807, 2.05) is 70.2 Å². The highest BCUT2D eigenvalue weighted by Crippen LogP contribution is 2.51. The van der Waals surface area contributed by atoms with Crippen molar-refractivity contribution in [2.45, 2.75) is 67.5 Å². The van der Waals surface area contributed by atoms with E-state index in [1.54, 1.807) is 6.39 Å². The first-order valence-corrected chi connectivity index (χ1v) is 20.4. The zero-order valence-corrected chi connectivity index (χ0v) is 35.3. The van der Waals surface area contributed by atoms with Gasteiger partial charge in [-0.3, -0.25) is 0 Å². The molecule has 0 aliphatic heterocycles. The molecular formula is C50H51B2N5O. The third-order valence-corrected chi connectivity index (χ3v) is 11.3. The summed E-state index contributed by atoms with van der Waals surface area (Å²) in [4.78, 5) is 19.5. The summed E-state index contributed by atoms with van der Waals surface area (Å²) < 4.78 is 8.39. The zero-order valence-electron chi connectivity index (χ0n) is 35.3. The zero-order chi connectivity index (χ0) is 41.1.